The van der Waals surface area contributed by atoms with Crippen LogP contribution in [0.2, 0.25) is 0 Å². The monoisotopic (exact) mass is 326 g/mol. The highest BCUT2D eigenvalue weighted by Gasteiger charge is 2.35. The van der Waals surface area contributed by atoms with Gasteiger partial charge in [-0.2, -0.15) is 4.98 Å². The fourth-order valence-corrected chi connectivity index (χ4v) is 3.70. The Morgan fingerprint density at radius 3 is 3.12 bits per heavy atom. The molecule has 1 aliphatic heterocycles. The number of hydrogen-bond donors (Lipinski definition) is 2. The standard InChI is InChI=1S/C18H22N4O2/c1-13-20-16(24-21-13)10-18(23)7-3-9-22(12-18)11-15-5-2-4-14-6-8-19-17(14)15/h2,4-6,8,19,23H,3,7,9-12H2,1H3. The molecule has 6 nitrogen and oxygen atoms in total. The number of aryl methyl sites for hydroxylation is 1. The molecule has 4 rings (SSSR count). The molecule has 0 bridgehead atoms. The van der Waals surface area contributed by atoms with Gasteiger partial charge in [-0.05, 0) is 43.3 Å². The van der Waals surface area contributed by atoms with Crippen molar-refractivity contribution in [3.05, 3.63) is 47.7 Å². The van der Waals surface area contributed by atoms with E-state index in [1.54, 1.807) is 6.92 Å². The van der Waals surface area contributed by atoms with Crippen LogP contribution < -0.4 is 0 Å². The number of benzene rings is 1. The van der Waals surface area contributed by atoms with Crippen molar-refractivity contribution < 1.29 is 9.63 Å². The zero-order valence-corrected chi connectivity index (χ0v) is 13.8. The van der Waals surface area contributed by atoms with Crippen LogP contribution in [0.4, 0.5) is 0 Å². The summed E-state index contributed by atoms with van der Waals surface area (Å²) >= 11 is 0. The van der Waals surface area contributed by atoms with Crippen molar-refractivity contribution in [1.82, 2.24) is 20.0 Å². The Hall–Kier alpha value is -2.18. The molecule has 6 heteroatoms. The molecule has 0 spiro atoms. The summed E-state index contributed by atoms with van der Waals surface area (Å²) in [6.07, 6.45) is 4.11. The van der Waals surface area contributed by atoms with Crippen LogP contribution in [0.3, 0.4) is 0 Å². The van der Waals surface area contributed by atoms with E-state index in [0.29, 0.717) is 24.7 Å². The molecule has 1 aromatic carbocycles. The van der Waals surface area contributed by atoms with Gasteiger partial charge in [0.05, 0.1) is 12.0 Å². The molecule has 0 radical (unpaired) electrons. The maximum atomic E-state index is 11.0. The van der Waals surface area contributed by atoms with Gasteiger partial charge in [-0.3, -0.25) is 4.90 Å². The Kier molecular flexibility index (Phi) is 3.86. The van der Waals surface area contributed by atoms with E-state index < -0.39 is 5.60 Å². The third-order valence-electron chi connectivity index (χ3n) is 4.75. The number of piperidine rings is 1. The van der Waals surface area contributed by atoms with Gasteiger partial charge in [0.1, 0.15) is 0 Å². The molecule has 3 heterocycles. The number of hydrogen-bond acceptors (Lipinski definition) is 5. The van der Waals surface area contributed by atoms with Crippen LogP contribution in [0.5, 0.6) is 0 Å². The second kappa shape index (κ2) is 6.03. The fraction of sp³-hybridized carbons (Fsp3) is 0.444. The highest BCUT2D eigenvalue weighted by atomic mass is 16.5. The van der Waals surface area contributed by atoms with Gasteiger partial charge in [-0.25, -0.2) is 0 Å². The number of rotatable bonds is 4. The average Bonchev–Trinajstić information content (AvgIpc) is 3.16. The number of likely N-dealkylation sites (tertiary alicyclic amines) is 1. The molecule has 3 aromatic rings. The van der Waals surface area contributed by atoms with Gasteiger partial charge in [-0.15, -0.1) is 0 Å². The number of nitrogens with one attached hydrogen (secondary N) is 1. The number of aromatic nitrogens is 3. The van der Waals surface area contributed by atoms with Gasteiger partial charge in [0.15, 0.2) is 5.82 Å². The summed E-state index contributed by atoms with van der Waals surface area (Å²) < 4.78 is 5.19. The summed E-state index contributed by atoms with van der Waals surface area (Å²) in [5, 5.41) is 16.0. The Morgan fingerprint density at radius 2 is 2.29 bits per heavy atom. The molecule has 126 valence electrons. The molecule has 2 N–H and O–H groups in total. The van der Waals surface area contributed by atoms with Gasteiger partial charge in [0.25, 0.3) is 0 Å². The van der Waals surface area contributed by atoms with E-state index in [1.165, 1.54) is 16.5 Å². The van der Waals surface area contributed by atoms with Crippen LogP contribution in [-0.2, 0) is 13.0 Å². The number of fused-ring (bicyclic) bond motifs is 1. The van der Waals surface area contributed by atoms with Gasteiger partial charge in [0, 0.05) is 24.8 Å². The minimum absolute atomic E-state index is 0.414. The van der Waals surface area contributed by atoms with Crippen molar-refractivity contribution >= 4 is 10.9 Å². The predicted octanol–water partition coefficient (Wildman–Crippen LogP) is 2.43. The average molecular weight is 326 g/mol. The van der Waals surface area contributed by atoms with E-state index >= 15 is 0 Å². The number of aliphatic hydroxyl groups is 1. The Bertz CT molecular complexity index is 840. The van der Waals surface area contributed by atoms with E-state index in [0.717, 1.165) is 25.9 Å². The Balaban J connectivity index is 1.49. The minimum Gasteiger partial charge on any atom is -0.388 e. The summed E-state index contributed by atoms with van der Waals surface area (Å²) in [5.41, 5.74) is 1.63. The second-order valence-corrected chi connectivity index (χ2v) is 6.81. The first-order chi connectivity index (χ1) is 11.6. The lowest BCUT2D eigenvalue weighted by molar-refractivity contribution is -0.0372. The van der Waals surface area contributed by atoms with Gasteiger partial charge < -0.3 is 14.6 Å². The molecule has 1 unspecified atom stereocenters. The SMILES string of the molecule is Cc1noc(CC2(O)CCCN(Cc3cccc4cc[nH]c34)C2)n1. The first kappa shape index (κ1) is 15.4. The molecule has 1 fully saturated rings. The topological polar surface area (TPSA) is 78.2 Å². The number of nitrogens with zero attached hydrogens (tertiary/aromatic N) is 3. The molecule has 0 aliphatic carbocycles. The maximum absolute atomic E-state index is 11.0. The summed E-state index contributed by atoms with van der Waals surface area (Å²) in [4.78, 5) is 9.86. The number of H-pyrrole nitrogens is 1. The third-order valence-corrected chi connectivity index (χ3v) is 4.75. The van der Waals surface area contributed by atoms with E-state index in [4.69, 9.17) is 4.52 Å². The Labute approximate surface area is 140 Å². The van der Waals surface area contributed by atoms with Crippen LogP contribution in [0.15, 0.2) is 35.0 Å². The van der Waals surface area contributed by atoms with E-state index in [-0.39, 0.29) is 0 Å². The molecule has 1 saturated heterocycles. The van der Waals surface area contributed by atoms with E-state index in [1.807, 2.05) is 6.20 Å². The van der Waals surface area contributed by atoms with Crippen molar-refractivity contribution in [2.24, 2.45) is 0 Å². The lowest BCUT2D eigenvalue weighted by Crippen LogP contribution is -2.49. The molecular formula is C18H22N4O2. The zero-order chi connectivity index (χ0) is 16.6. The summed E-state index contributed by atoms with van der Waals surface area (Å²) in [6, 6.07) is 8.43. The van der Waals surface area contributed by atoms with Crippen molar-refractivity contribution in [2.75, 3.05) is 13.1 Å². The normalized spacial score (nSPS) is 22.2. The number of aromatic amines is 1. The van der Waals surface area contributed by atoms with Crippen LogP contribution in [0.25, 0.3) is 10.9 Å². The predicted molar refractivity (Wildman–Crippen MR) is 90.5 cm³/mol. The lowest BCUT2D eigenvalue weighted by Gasteiger charge is -2.38. The largest absolute Gasteiger partial charge is 0.388 e. The quantitative estimate of drug-likeness (QED) is 0.770. The van der Waals surface area contributed by atoms with Crippen molar-refractivity contribution in [3.63, 3.8) is 0 Å². The van der Waals surface area contributed by atoms with E-state index in [2.05, 4.69) is 44.3 Å². The zero-order valence-electron chi connectivity index (χ0n) is 13.8. The van der Waals surface area contributed by atoms with Crippen LogP contribution >= 0.6 is 0 Å². The first-order valence-corrected chi connectivity index (χ1v) is 8.40. The van der Waals surface area contributed by atoms with Crippen molar-refractivity contribution in [1.29, 1.82) is 0 Å². The maximum Gasteiger partial charge on any atom is 0.229 e. The van der Waals surface area contributed by atoms with Gasteiger partial charge in [-0.1, -0.05) is 23.4 Å². The molecule has 0 saturated carbocycles. The fourth-order valence-electron chi connectivity index (χ4n) is 3.70. The highest BCUT2D eigenvalue weighted by Crippen LogP contribution is 2.27. The first-order valence-electron chi connectivity index (χ1n) is 8.40. The Morgan fingerprint density at radius 1 is 1.38 bits per heavy atom. The number of para-hydroxylation sites is 1. The lowest BCUT2D eigenvalue weighted by atomic mass is 9.89. The van der Waals surface area contributed by atoms with Crippen molar-refractivity contribution in [2.45, 2.75) is 38.3 Å². The molecular weight excluding hydrogens is 304 g/mol. The smallest absolute Gasteiger partial charge is 0.229 e. The van der Waals surface area contributed by atoms with Crippen molar-refractivity contribution in [3.8, 4) is 0 Å². The summed E-state index contributed by atoms with van der Waals surface area (Å²) in [5.74, 6) is 1.13. The number of β-amino-alcohol motifs (C(OH)–C–C–N with tert-alkyl or cyclic N) is 1. The summed E-state index contributed by atoms with van der Waals surface area (Å²) in [7, 11) is 0. The molecule has 2 aromatic heterocycles. The minimum atomic E-state index is -0.805. The van der Waals surface area contributed by atoms with Gasteiger partial charge >= 0.3 is 0 Å². The second-order valence-electron chi connectivity index (χ2n) is 6.81. The van der Waals surface area contributed by atoms with Crippen LogP contribution in [0, 0.1) is 6.92 Å². The van der Waals surface area contributed by atoms with Gasteiger partial charge in [0.2, 0.25) is 5.89 Å². The third kappa shape index (κ3) is 3.07. The molecule has 1 atom stereocenters. The summed E-state index contributed by atoms with van der Waals surface area (Å²) in [6.45, 7) is 4.22. The molecule has 0 amide bonds. The van der Waals surface area contributed by atoms with Crippen LogP contribution in [0.1, 0.15) is 30.1 Å². The molecule has 24 heavy (non-hydrogen) atoms. The van der Waals surface area contributed by atoms with E-state index in [9.17, 15) is 5.11 Å². The highest BCUT2D eigenvalue weighted by molar-refractivity contribution is 5.82. The molecule has 1 aliphatic rings. The van der Waals surface area contributed by atoms with Crippen LogP contribution in [-0.4, -0.2) is 43.8 Å².